The summed E-state index contributed by atoms with van der Waals surface area (Å²) in [7, 11) is 1.69. The molecule has 0 spiro atoms. The van der Waals surface area contributed by atoms with Gasteiger partial charge < -0.3 is 10.5 Å². The van der Waals surface area contributed by atoms with Gasteiger partial charge in [-0.3, -0.25) is 9.80 Å². The Morgan fingerprint density at radius 1 is 1.16 bits per heavy atom. The first-order valence-electron chi connectivity index (χ1n) is 7.14. The molecular weight excluding hydrogens is 238 g/mol. The van der Waals surface area contributed by atoms with E-state index in [9.17, 15) is 0 Å². The number of piperazine rings is 1. The normalized spacial score (nSPS) is 21.5. The average Bonchev–Trinajstić information content (AvgIpc) is 3.23. The molecule has 2 fully saturated rings. The summed E-state index contributed by atoms with van der Waals surface area (Å²) in [5.41, 5.74) is 7.93. The second-order valence-electron chi connectivity index (χ2n) is 5.66. The van der Waals surface area contributed by atoms with Gasteiger partial charge in [-0.1, -0.05) is 0 Å². The van der Waals surface area contributed by atoms with Gasteiger partial charge in [-0.25, -0.2) is 0 Å². The van der Waals surface area contributed by atoms with Crippen molar-refractivity contribution >= 4 is 5.69 Å². The molecule has 4 nitrogen and oxygen atoms in total. The molecule has 1 aliphatic carbocycles. The fourth-order valence-electron chi connectivity index (χ4n) is 2.88. The summed E-state index contributed by atoms with van der Waals surface area (Å²) in [6, 6.07) is 6.91. The van der Waals surface area contributed by atoms with Gasteiger partial charge in [0.2, 0.25) is 0 Å². The third-order valence-corrected chi connectivity index (χ3v) is 4.10. The Bertz CT molecular complexity index is 437. The van der Waals surface area contributed by atoms with Crippen molar-refractivity contribution in [2.75, 3.05) is 39.0 Å². The van der Waals surface area contributed by atoms with Crippen molar-refractivity contribution in [1.82, 2.24) is 9.80 Å². The summed E-state index contributed by atoms with van der Waals surface area (Å²) < 4.78 is 5.27. The zero-order valence-corrected chi connectivity index (χ0v) is 11.6. The predicted octanol–water partition coefficient (Wildman–Crippen LogP) is 1.56. The molecule has 1 saturated carbocycles. The van der Waals surface area contributed by atoms with Gasteiger partial charge >= 0.3 is 0 Å². The van der Waals surface area contributed by atoms with Crippen LogP contribution in [-0.4, -0.2) is 49.1 Å². The molecule has 2 N–H and O–H groups in total. The molecule has 0 aromatic heterocycles. The van der Waals surface area contributed by atoms with E-state index in [-0.39, 0.29) is 0 Å². The topological polar surface area (TPSA) is 41.7 Å². The lowest BCUT2D eigenvalue weighted by atomic mass is 10.1. The SMILES string of the molecule is COc1cc(N)cc(CN2CCN(C3CC3)CC2)c1. The van der Waals surface area contributed by atoms with Gasteiger partial charge in [0.05, 0.1) is 7.11 Å². The van der Waals surface area contributed by atoms with Crippen LogP contribution in [0.5, 0.6) is 5.75 Å². The minimum Gasteiger partial charge on any atom is -0.497 e. The smallest absolute Gasteiger partial charge is 0.121 e. The van der Waals surface area contributed by atoms with Crippen LogP contribution in [0.15, 0.2) is 18.2 Å². The largest absolute Gasteiger partial charge is 0.497 e. The van der Waals surface area contributed by atoms with E-state index in [1.54, 1.807) is 7.11 Å². The molecule has 3 rings (SSSR count). The van der Waals surface area contributed by atoms with Crippen LogP contribution in [0.25, 0.3) is 0 Å². The summed E-state index contributed by atoms with van der Waals surface area (Å²) in [5, 5.41) is 0. The summed E-state index contributed by atoms with van der Waals surface area (Å²) >= 11 is 0. The molecule has 1 heterocycles. The molecular formula is C15H23N3O. The molecule has 0 unspecified atom stereocenters. The number of methoxy groups -OCH3 is 1. The minimum atomic E-state index is 0.783. The molecule has 1 aromatic rings. The zero-order valence-electron chi connectivity index (χ0n) is 11.6. The highest BCUT2D eigenvalue weighted by molar-refractivity contribution is 5.47. The summed E-state index contributed by atoms with van der Waals surface area (Å²) in [6.45, 7) is 5.72. The van der Waals surface area contributed by atoms with Gasteiger partial charge in [-0.15, -0.1) is 0 Å². The van der Waals surface area contributed by atoms with E-state index < -0.39 is 0 Å². The third-order valence-electron chi connectivity index (χ3n) is 4.10. The van der Waals surface area contributed by atoms with Crippen molar-refractivity contribution < 1.29 is 4.74 Å². The van der Waals surface area contributed by atoms with Crippen molar-refractivity contribution in [1.29, 1.82) is 0 Å². The molecule has 0 amide bonds. The standard InChI is InChI=1S/C15H23N3O/c1-19-15-9-12(8-13(16)10-15)11-17-4-6-18(7-5-17)14-2-3-14/h8-10,14H,2-7,11,16H2,1H3. The lowest BCUT2D eigenvalue weighted by molar-refractivity contribution is 0.121. The highest BCUT2D eigenvalue weighted by Gasteiger charge is 2.31. The molecule has 2 aliphatic rings. The molecule has 1 saturated heterocycles. The van der Waals surface area contributed by atoms with Gasteiger partial charge in [0, 0.05) is 50.5 Å². The number of nitrogens with zero attached hydrogens (tertiary/aromatic N) is 2. The van der Waals surface area contributed by atoms with Crippen LogP contribution in [0.1, 0.15) is 18.4 Å². The second kappa shape index (κ2) is 5.39. The first-order valence-corrected chi connectivity index (χ1v) is 7.14. The van der Waals surface area contributed by atoms with E-state index >= 15 is 0 Å². The van der Waals surface area contributed by atoms with Crippen LogP contribution in [0.4, 0.5) is 5.69 Å². The second-order valence-corrected chi connectivity index (χ2v) is 5.66. The Hall–Kier alpha value is -1.26. The van der Waals surface area contributed by atoms with Crippen LogP contribution in [-0.2, 0) is 6.54 Å². The van der Waals surface area contributed by atoms with Gasteiger partial charge in [0.1, 0.15) is 5.75 Å². The zero-order chi connectivity index (χ0) is 13.2. The Morgan fingerprint density at radius 2 is 1.89 bits per heavy atom. The molecule has 0 radical (unpaired) electrons. The first kappa shape index (κ1) is 12.8. The maximum atomic E-state index is 5.90. The van der Waals surface area contributed by atoms with E-state index in [0.717, 1.165) is 37.1 Å². The van der Waals surface area contributed by atoms with Crippen molar-refractivity contribution in [3.05, 3.63) is 23.8 Å². The average molecular weight is 261 g/mol. The highest BCUT2D eigenvalue weighted by Crippen LogP contribution is 2.28. The van der Waals surface area contributed by atoms with E-state index in [2.05, 4.69) is 21.9 Å². The van der Waals surface area contributed by atoms with Gasteiger partial charge in [-0.2, -0.15) is 0 Å². The number of hydrogen-bond donors (Lipinski definition) is 1. The molecule has 0 atom stereocenters. The highest BCUT2D eigenvalue weighted by atomic mass is 16.5. The van der Waals surface area contributed by atoms with E-state index in [0.29, 0.717) is 0 Å². The van der Waals surface area contributed by atoms with Crippen LogP contribution in [0, 0.1) is 0 Å². The first-order chi connectivity index (χ1) is 9.24. The fourth-order valence-corrected chi connectivity index (χ4v) is 2.88. The van der Waals surface area contributed by atoms with Crippen molar-refractivity contribution in [2.24, 2.45) is 0 Å². The molecule has 19 heavy (non-hydrogen) atoms. The van der Waals surface area contributed by atoms with Gasteiger partial charge in [-0.05, 0) is 30.5 Å². The predicted molar refractivity (Wildman–Crippen MR) is 77.3 cm³/mol. The van der Waals surface area contributed by atoms with E-state index in [1.165, 1.54) is 31.5 Å². The Balaban J connectivity index is 1.57. The van der Waals surface area contributed by atoms with Gasteiger partial charge in [0.25, 0.3) is 0 Å². The lowest BCUT2D eigenvalue weighted by Gasteiger charge is -2.34. The van der Waals surface area contributed by atoms with Crippen LogP contribution < -0.4 is 10.5 Å². The molecule has 1 aromatic carbocycles. The van der Waals surface area contributed by atoms with Crippen molar-refractivity contribution in [3.63, 3.8) is 0 Å². The molecule has 1 aliphatic heterocycles. The third kappa shape index (κ3) is 3.19. The molecule has 4 heteroatoms. The van der Waals surface area contributed by atoms with Crippen molar-refractivity contribution in [2.45, 2.75) is 25.4 Å². The summed E-state index contributed by atoms with van der Waals surface area (Å²) in [4.78, 5) is 5.14. The monoisotopic (exact) mass is 261 g/mol. The minimum absolute atomic E-state index is 0.783. The number of hydrogen-bond acceptors (Lipinski definition) is 4. The molecule has 0 bridgehead atoms. The lowest BCUT2D eigenvalue weighted by Crippen LogP contribution is -2.46. The van der Waals surface area contributed by atoms with E-state index in [1.807, 2.05) is 6.07 Å². The number of anilines is 1. The summed E-state index contributed by atoms with van der Waals surface area (Å²) in [6.07, 6.45) is 2.82. The summed E-state index contributed by atoms with van der Waals surface area (Å²) in [5.74, 6) is 0.853. The maximum absolute atomic E-state index is 5.90. The quantitative estimate of drug-likeness (QED) is 0.835. The van der Waals surface area contributed by atoms with Crippen LogP contribution in [0.3, 0.4) is 0 Å². The van der Waals surface area contributed by atoms with Crippen molar-refractivity contribution in [3.8, 4) is 5.75 Å². The number of benzene rings is 1. The molecule has 104 valence electrons. The Labute approximate surface area is 115 Å². The Morgan fingerprint density at radius 3 is 2.53 bits per heavy atom. The number of ether oxygens (including phenoxy) is 1. The number of rotatable bonds is 4. The fraction of sp³-hybridized carbons (Fsp3) is 0.600. The Kier molecular flexibility index (Phi) is 3.62. The maximum Gasteiger partial charge on any atom is 0.121 e. The van der Waals surface area contributed by atoms with Crippen LogP contribution >= 0.6 is 0 Å². The number of nitrogens with two attached hydrogens (primary N) is 1. The van der Waals surface area contributed by atoms with Gasteiger partial charge in [0.15, 0.2) is 0 Å². The van der Waals surface area contributed by atoms with E-state index in [4.69, 9.17) is 10.5 Å². The number of nitrogen functional groups attached to an aromatic ring is 1. The van der Waals surface area contributed by atoms with Crippen LogP contribution in [0.2, 0.25) is 0 Å².